The first kappa shape index (κ1) is 31.9. The van der Waals surface area contributed by atoms with Gasteiger partial charge in [0.25, 0.3) is 0 Å². The average molecular weight is 674 g/mol. The van der Waals surface area contributed by atoms with Gasteiger partial charge in [-0.15, -0.1) is 0 Å². The highest BCUT2D eigenvalue weighted by Crippen LogP contribution is 2.45. The lowest BCUT2D eigenvalue weighted by Gasteiger charge is -2.30. The largest absolute Gasteiger partial charge is 0.479 e. The zero-order chi connectivity index (χ0) is 32.0. The molecule has 2 fully saturated rings. The van der Waals surface area contributed by atoms with Gasteiger partial charge in [0, 0.05) is 23.4 Å². The van der Waals surface area contributed by atoms with Crippen LogP contribution < -0.4 is 10.6 Å². The molecule has 2 aromatic rings. The number of ether oxygens (including phenoxy) is 1. The summed E-state index contributed by atoms with van der Waals surface area (Å²) in [6.45, 7) is 9.31. The number of carbonyl (C=O) groups is 4. The SMILES string of the molecule is Cc1c(Br)cc2nn([C@H]3C[C@H]4C(=O)N[C@]5(C(=O)O)C[C@@H]5/C=C\CCCCC[C@H](NC(=O)OC(C)(C)C)C(=O)N4C3)nc2c1C. The molecular weight excluding hydrogens is 632 g/mol. The first-order valence-electron chi connectivity index (χ1n) is 15.2. The highest BCUT2D eigenvalue weighted by atomic mass is 79.9. The van der Waals surface area contributed by atoms with E-state index in [1.807, 2.05) is 32.1 Å². The number of fused-ring (bicyclic) bond motifs is 3. The number of amides is 3. The van der Waals surface area contributed by atoms with Gasteiger partial charge in [0.2, 0.25) is 11.8 Å². The Balaban J connectivity index is 1.49. The van der Waals surface area contributed by atoms with E-state index >= 15 is 0 Å². The maximum Gasteiger partial charge on any atom is 0.408 e. The molecule has 2 aliphatic heterocycles. The second-order valence-corrected chi connectivity index (χ2v) is 14.1. The highest BCUT2D eigenvalue weighted by Gasteiger charge is 2.61. The maximum absolute atomic E-state index is 14.2. The second kappa shape index (κ2) is 12.1. The van der Waals surface area contributed by atoms with Crippen LogP contribution in [0, 0.1) is 19.8 Å². The van der Waals surface area contributed by atoms with Gasteiger partial charge in [0.1, 0.15) is 34.3 Å². The van der Waals surface area contributed by atoms with Crippen LogP contribution in [0.1, 0.15) is 82.9 Å². The van der Waals surface area contributed by atoms with Crippen LogP contribution in [0.3, 0.4) is 0 Å². The van der Waals surface area contributed by atoms with Crippen LogP contribution >= 0.6 is 15.9 Å². The van der Waals surface area contributed by atoms with Crippen LogP contribution in [0.25, 0.3) is 11.0 Å². The Morgan fingerprint density at radius 1 is 1.16 bits per heavy atom. The maximum atomic E-state index is 14.2. The van der Waals surface area contributed by atoms with Gasteiger partial charge in [-0.05, 0) is 77.5 Å². The molecule has 0 spiro atoms. The number of halogens is 1. The van der Waals surface area contributed by atoms with Crippen LogP contribution in [-0.4, -0.2) is 78.6 Å². The molecule has 5 atom stereocenters. The lowest BCUT2D eigenvalue weighted by atomic mass is 10.0. The summed E-state index contributed by atoms with van der Waals surface area (Å²) < 4.78 is 6.37. The fourth-order valence-corrected chi connectivity index (χ4v) is 6.66. The third-order valence-corrected chi connectivity index (χ3v) is 9.67. The Hall–Kier alpha value is -3.48. The van der Waals surface area contributed by atoms with Gasteiger partial charge in [0.15, 0.2) is 0 Å². The van der Waals surface area contributed by atoms with Gasteiger partial charge in [0.05, 0.1) is 6.04 Å². The zero-order valence-electron chi connectivity index (χ0n) is 25.9. The molecule has 3 amide bonds. The van der Waals surface area contributed by atoms with Crippen molar-refractivity contribution in [1.82, 2.24) is 30.5 Å². The van der Waals surface area contributed by atoms with Crippen molar-refractivity contribution < 1.29 is 29.0 Å². The highest BCUT2D eigenvalue weighted by molar-refractivity contribution is 9.10. The van der Waals surface area contributed by atoms with E-state index in [0.29, 0.717) is 18.4 Å². The summed E-state index contributed by atoms with van der Waals surface area (Å²) in [7, 11) is 0. The minimum atomic E-state index is -1.41. The molecule has 0 radical (unpaired) electrons. The summed E-state index contributed by atoms with van der Waals surface area (Å²) in [5.74, 6) is -2.39. The third kappa shape index (κ3) is 6.47. The lowest BCUT2D eigenvalue weighted by molar-refractivity contribution is -0.145. The molecular formula is C31H41BrN6O6. The molecule has 0 bridgehead atoms. The van der Waals surface area contributed by atoms with Crippen molar-refractivity contribution in [2.24, 2.45) is 5.92 Å². The van der Waals surface area contributed by atoms with E-state index in [-0.39, 0.29) is 25.3 Å². The van der Waals surface area contributed by atoms with E-state index in [4.69, 9.17) is 14.9 Å². The average Bonchev–Trinajstić information content (AvgIpc) is 3.25. The smallest absolute Gasteiger partial charge is 0.408 e. The van der Waals surface area contributed by atoms with Crippen molar-refractivity contribution >= 4 is 50.8 Å². The number of hydrogen-bond acceptors (Lipinski definition) is 7. The second-order valence-electron chi connectivity index (χ2n) is 13.2. The predicted molar refractivity (Wildman–Crippen MR) is 166 cm³/mol. The number of nitrogens with one attached hydrogen (secondary N) is 2. The van der Waals surface area contributed by atoms with Crippen molar-refractivity contribution in [2.45, 2.75) is 109 Å². The number of aliphatic carboxylic acids is 1. The van der Waals surface area contributed by atoms with Crippen LogP contribution in [0.2, 0.25) is 0 Å². The molecule has 44 heavy (non-hydrogen) atoms. The predicted octanol–water partition coefficient (Wildman–Crippen LogP) is 4.33. The van der Waals surface area contributed by atoms with E-state index in [0.717, 1.165) is 40.4 Å². The number of allylic oxidation sites excluding steroid dienone is 1. The summed E-state index contributed by atoms with van der Waals surface area (Å²) in [6, 6.07) is -0.457. The van der Waals surface area contributed by atoms with E-state index in [2.05, 4.69) is 26.6 Å². The monoisotopic (exact) mass is 672 g/mol. The molecule has 1 saturated carbocycles. The van der Waals surface area contributed by atoms with E-state index < -0.39 is 53.1 Å². The van der Waals surface area contributed by atoms with Gasteiger partial charge < -0.3 is 25.4 Å². The van der Waals surface area contributed by atoms with Gasteiger partial charge in [-0.2, -0.15) is 15.0 Å². The Kier molecular flexibility index (Phi) is 8.80. The van der Waals surface area contributed by atoms with Gasteiger partial charge in [-0.1, -0.05) is 40.9 Å². The summed E-state index contributed by atoms with van der Waals surface area (Å²) in [5.41, 5.74) is 1.26. The molecule has 1 saturated heterocycles. The van der Waals surface area contributed by atoms with E-state index in [9.17, 15) is 24.3 Å². The molecule has 3 N–H and O–H groups in total. The fourth-order valence-electron chi connectivity index (χ4n) is 6.14. The lowest BCUT2D eigenvalue weighted by Crippen LogP contribution is -2.56. The van der Waals surface area contributed by atoms with Crippen molar-refractivity contribution in [2.75, 3.05) is 6.54 Å². The number of rotatable bonds is 3. The van der Waals surface area contributed by atoms with Crippen molar-refractivity contribution in [3.63, 3.8) is 0 Å². The minimum Gasteiger partial charge on any atom is -0.479 e. The molecule has 3 aliphatic rings. The molecule has 1 aromatic heterocycles. The molecule has 1 aliphatic carbocycles. The number of benzene rings is 1. The molecule has 3 heterocycles. The number of aromatic nitrogens is 3. The first-order chi connectivity index (χ1) is 20.7. The Morgan fingerprint density at radius 2 is 1.91 bits per heavy atom. The van der Waals surface area contributed by atoms with Gasteiger partial charge in [-0.3, -0.25) is 9.59 Å². The summed E-state index contributed by atoms with van der Waals surface area (Å²) in [4.78, 5) is 56.2. The molecule has 5 rings (SSSR count). The fraction of sp³-hybridized carbons (Fsp3) is 0.613. The van der Waals surface area contributed by atoms with Crippen molar-refractivity contribution in [1.29, 1.82) is 0 Å². The molecule has 238 valence electrons. The normalized spacial score (nSPS) is 28.7. The number of alkyl carbamates (subject to hydrolysis) is 1. The van der Waals surface area contributed by atoms with Crippen LogP contribution in [0.15, 0.2) is 22.7 Å². The number of carbonyl (C=O) groups excluding carboxylic acids is 3. The van der Waals surface area contributed by atoms with Crippen LogP contribution in [-0.2, 0) is 19.1 Å². The zero-order valence-corrected chi connectivity index (χ0v) is 27.4. The standard InChI is InChI=1S/C31H41BrN6O6/c1-17-18(2)25-23(14-21(17)32)35-38(36-25)20-13-24-26(39)34-31(28(41)42)15-19(31)11-9-7-6-8-10-12-22(27(40)37(24)16-20)33-29(43)44-30(3,4)5/h9,11,14,19-20,22,24H,6-8,10,12-13,15-16H2,1-5H3,(H,33,43)(H,34,39)(H,41,42)/b11-9-/t19-,20-,22-,24-,31+/m0/s1. The molecule has 12 nitrogen and oxygen atoms in total. The van der Waals surface area contributed by atoms with Crippen molar-refractivity contribution in [3.8, 4) is 0 Å². The summed E-state index contributed by atoms with van der Waals surface area (Å²) in [5, 5.41) is 25.1. The third-order valence-electron chi connectivity index (χ3n) is 8.85. The van der Waals surface area contributed by atoms with E-state index in [1.165, 1.54) is 4.90 Å². The number of nitrogens with zero attached hydrogens (tertiary/aromatic N) is 4. The Bertz CT molecular complexity index is 1520. The van der Waals surface area contributed by atoms with E-state index in [1.54, 1.807) is 25.6 Å². The summed E-state index contributed by atoms with van der Waals surface area (Å²) >= 11 is 3.58. The molecule has 1 aromatic carbocycles. The van der Waals surface area contributed by atoms with Crippen LogP contribution in [0.5, 0.6) is 0 Å². The van der Waals surface area contributed by atoms with Crippen molar-refractivity contribution in [3.05, 3.63) is 33.8 Å². The molecule has 0 unspecified atom stereocenters. The number of carboxylic acids is 1. The quantitative estimate of drug-likeness (QED) is 0.407. The number of carboxylic acid groups (broad SMARTS) is 1. The molecule has 13 heteroatoms. The minimum absolute atomic E-state index is 0.118. The van der Waals surface area contributed by atoms with Gasteiger partial charge in [-0.25, -0.2) is 9.59 Å². The Labute approximate surface area is 265 Å². The first-order valence-corrected chi connectivity index (χ1v) is 16.0. The Morgan fingerprint density at radius 3 is 2.61 bits per heavy atom. The topological polar surface area (TPSA) is 156 Å². The number of aryl methyl sites for hydroxylation is 1. The number of hydrogen-bond donors (Lipinski definition) is 3. The van der Waals surface area contributed by atoms with Gasteiger partial charge >= 0.3 is 12.1 Å². The van der Waals surface area contributed by atoms with Crippen LogP contribution in [0.4, 0.5) is 4.79 Å². The summed E-state index contributed by atoms with van der Waals surface area (Å²) in [6.07, 6.45) is 7.09.